The summed E-state index contributed by atoms with van der Waals surface area (Å²) in [5.74, 6) is 0.0207. The first kappa shape index (κ1) is 15.8. The van der Waals surface area contributed by atoms with Crippen molar-refractivity contribution in [3.8, 4) is 0 Å². The highest BCUT2D eigenvalue weighted by Crippen LogP contribution is 2.20. The van der Waals surface area contributed by atoms with Crippen molar-refractivity contribution in [2.24, 2.45) is 0 Å². The highest BCUT2D eigenvalue weighted by atomic mass is 16.1. The highest BCUT2D eigenvalue weighted by molar-refractivity contribution is 5.95. The summed E-state index contributed by atoms with van der Waals surface area (Å²) >= 11 is 0. The smallest absolute Gasteiger partial charge is 0.251 e. The van der Waals surface area contributed by atoms with Crippen molar-refractivity contribution in [3.63, 3.8) is 0 Å². The minimum absolute atomic E-state index is 0.0207. The fourth-order valence-corrected chi connectivity index (χ4v) is 3.19. The molecule has 23 heavy (non-hydrogen) atoms. The van der Waals surface area contributed by atoms with Gasteiger partial charge >= 0.3 is 0 Å². The SMILES string of the molecule is Cc1ccccc1C(=O)NCC(C)N1CCc2ccccc2C1. The number of carbonyl (C=O) groups excluding carboxylic acids is 1. The monoisotopic (exact) mass is 308 g/mol. The molecule has 3 nitrogen and oxygen atoms in total. The van der Waals surface area contributed by atoms with Gasteiger partial charge in [0.15, 0.2) is 0 Å². The Bertz CT molecular complexity index is 696. The molecular formula is C20H24N2O. The van der Waals surface area contributed by atoms with Crippen LogP contribution < -0.4 is 5.32 Å². The van der Waals surface area contributed by atoms with Crippen molar-refractivity contribution in [1.29, 1.82) is 0 Å². The van der Waals surface area contributed by atoms with E-state index in [0.717, 1.165) is 30.6 Å². The standard InChI is InChI=1S/C20H24N2O/c1-15-7-3-6-10-19(15)20(23)21-13-16(2)22-12-11-17-8-4-5-9-18(17)14-22/h3-10,16H,11-14H2,1-2H3,(H,21,23). The summed E-state index contributed by atoms with van der Waals surface area (Å²) < 4.78 is 0. The van der Waals surface area contributed by atoms with Crippen molar-refractivity contribution in [2.75, 3.05) is 13.1 Å². The highest BCUT2D eigenvalue weighted by Gasteiger charge is 2.20. The van der Waals surface area contributed by atoms with Gasteiger partial charge in [0.1, 0.15) is 0 Å². The zero-order chi connectivity index (χ0) is 16.2. The molecule has 1 unspecified atom stereocenters. The van der Waals surface area contributed by atoms with Crippen LogP contribution in [0.1, 0.15) is 34.0 Å². The molecule has 2 aromatic rings. The number of aryl methyl sites for hydroxylation is 1. The molecule has 0 aliphatic carbocycles. The second kappa shape index (κ2) is 6.97. The zero-order valence-corrected chi connectivity index (χ0v) is 13.9. The number of rotatable bonds is 4. The van der Waals surface area contributed by atoms with Crippen LogP contribution in [0.3, 0.4) is 0 Å². The average Bonchev–Trinajstić information content (AvgIpc) is 2.59. The molecule has 1 N–H and O–H groups in total. The van der Waals surface area contributed by atoms with Crippen LogP contribution in [-0.2, 0) is 13.0 Å². The van der Waals surface area contributed by atoms with E-state index in [1.807, 2.05) is 31.2 Å². The molecule has 0 saturated carbocycles. The van der Waals surface area contributed by atoms with Gasteiger partial charge in [0.05, 0.1) is 0 Å². The van der Waals surface area contributed by atoms with Crippen LogP contribution in [0.2, 0.25) is 0 Å². The first-order chi connectivity index (χ1) is 11.1. The van der Waals surface area contributed by atoms with E-state index in [0.29, 0.717) is 12.6 Å². The Morgan fingerprint density at radius 1 is 1.13 bits per heavy atom. The minimum Gasteiger partial charge on any atom is -0.350 e. The molecule has 3 rings (SSSR count). The number of fused-ring (bicyclic) bond motifs is 1. The van der Waals surface area contributed by atoms with Crippen molar-refractivity contribution in [3.05, 3.63) is 70.8 Å². The Kier molecular flexibility index (Phi) is 4.77. The van der Waals surface area contributed by atoms with Gasteiger partial charge in [-0.2, -0.15) is 0 Å². The van der Waals surface area contributed by atoms with E-state index in [-0.39, 0.29) is 5.91 Å². The summed E-state index contributed by atoms with van der Waals surface area (Å²) in [4.78, 5) is 14.8. The largest absolute Gasteiger partial charge is 0.350 e. The molecule has 1 atom stereocenters. The van der Waals surface area contributed by atoms with Crippen LogP contribution in [0.15, 0.2) is 48.5 Å². The van der Waals surface area contributed by atoms with Gasteiger partial charge in [0.25, 0.3) is 5.91 Å². The molecule has 0 fully saturated rings. The first-order valence-corrected chi connectivity index (χ1v) is 8.30. The lowest BCUT2D eigenvalue weighted by Gasteiger charge is -2.33. The van der Waals surface area contributed by atoms with Crippen molar-refractivity contribution >= 4 is 5.91 Å². The van der Waals surface area contributed by atoms with Crippen LogP contribution in [0.25, 0.3) is 0 Å². The molecule has 120 valence electrons. The maximum Gasteiger partial charge on any atom is 0.251 e. The third-order valence-corrected chi connectivity index (χ3v) is 4.73. The van der Waals surface area contributed by atoms with Crippen molar-refractivity contribution in [1.82, 2.24) is 10.2 Å². The molecular weight excluding hydrogens is 284 g/mol. The van der Waals surface area contributed by atoms with E-state index < -0.39 is 0 Å². The Balaban J connectivity index is 1.57. The lowest BCUT2D eigenvalue weighted by Crippen LogP contribution is -2.44. The predicted molar refractivity (Wildman–Crippen MR) is 93.5 cm³/mol. The van der Waals surface area contributed by atoms with E-state index in [2.05, 4.69) is 41.4 Å². The normalized spacial score (nSPS) is 15.7. The van der Waals surface area contributed by atoms with Gasteiger partial charge in [-0.05, 0) is 43.0 Å². The number of hydrogen-bond donors (Lipinski definition) is 1. The number of hydrogen-bond acceptors (Lipinski definition) is 2. The summed E-state index contributed by atoms with van der Waals surface area (Å²) in [6.07, 6.45) is 1.09. The quantitative estimate of drug-likeness (QED) is 0.941. The van der Waals surface area contributed by atoms with Gasteiger partial charge in [-0.1, -0.05) is 42.5 Å². The van der Waals surface area contributed by atoms with Gasteiger partial charge in [-0.25, -0.2) is 0 Å². The second-order valence-electron chi connectivity index (χ2n) is 6.36. The van der Waals surface area contributed by atoms with Gasteiger partial charge < -0.3 is 5.32 Å². The molecule has 1 aliphatic heterocycles. The van der Waals surface area contributed by atoms with E-state index >= 15 is 0 Å². The number of amides is 1. The fraction of sp³-hybridized carbons (Fsp3) is 0.350. The van der Waals surface area contributed by atoms with Gasteiger partial charge in [-0.15, -0.1) is 0 Å². The first-order valence-electron chi connectivity index (χ1n) is 8.30. The topological polar surface area (TPSA) is 32.3 Å². The molecule has 0 spiro atoms. The van der Waals surface area contributed by atoms with Gasteiger partial charge in [0.2, 0.25) is 0 Å². The summed E-state index contributed by atoms with van der Waals surface area (Å²) in [5, 5.41) is 3.08. The summed E-state index contributed by atoms with van der Waals surface area (Å²) in [5.41, 5.74) is 4.66. The Labute approximate surface area is 138 Å². The van der Waals surface area contributed by atoms with Crippen LogP contribution in [0.4, 0.5) is 0 Å². The Morgan fingerprint density at radius 2 is 1.83 bits per heavy atom. The van der Waals surface area contributed by atoms with Crippen molar-refractivity contribution < 1.29 is 4.79 Å². The number of nitrogens with zero attached hydrogens (tertiary/aromatic N) is 1. The summed E-state index contributed by atoms with van der Waals surface area (Å²) in [7, 11) is 0. The zero-order valence-electron chi connectivity index (χ0n) is 13.9. The minimum atomic E-state index is 0.0207. The van der Waals surface area contributed by atoms with Crippen LogP contribution >= 0.6 is 0 Å². The van der Waals surface area contributed by atoms with E-state index in [9.17, 15) is 4.79 Å². The molecule has 2 aromatic carbocycles. The van der Waals surface area contributed by atoms with Crippen LogP contribution in [-0.4, -0.2) is 29.9 Å². The van der Waals surface area contributed by atoms with E-state index in [1.165, 1.54) is 11.1 Å². The Hall–Kier alpha value is -2.13. The van der Waals surface area contributed by atoms with Crippen molar-refractivity contribution in [2.45, 2.75) is 32.9 Å². The lowest BCUT2D eigenvalue weighted by atomic mass is 9.99. The fourth-order valence-electron chi connectivity index (χ4n) is 3.19. The van der Waals surface area contributed by atoms with Crippen LogP contribution in [0.5, 0.6) is 0 Å². The molecule has 3 heteroatoms. The van der Waals surface area contributed by atoms with E-state index in [4.69, 9.17) is 0 Å². The molecule has 1 aliphatic rings. The second-order valence-corrected chi connectivity index (χ2v) is 6.36. The molecule has 0 bridgehead atoms. The number of carbonyl (C=O) groups is 1. The van der Waals surface area contributed by atoms with E-state index in [1.54, 1.807) is 0 Å². The van der Waals surface area contributed by atoms with Gasteiger partial charge in [-0.3, -0.25) is 9.69 Å². The lowest BCUT2D eigenvalue weighted by molar-refractivity contribution is 0.0932. The van der Waals surface area contributed by atoms with Gasteiger partial charge in [0, 0.05) is 31.2 Å². The average molecular weight is 308 g/mol. The maximum atomic E-state index is 12.3. The third-order valence-electron chi connectivity index (χ3n) is 4.73. The Morgan fingerprint density at radius 3 is 2.61 bits per heavy atom. The molecule has 0 aromatic heterocycles. The number of nitrogens with one attached hydrogen (secondary N) is 1. The van der Waals surface area contributed by atoms with Crippen LogP contribution in [0, 0.1) is 6.92 Å². The molecule has 1 amide bonds. The maximum absolute atomic E-state index is 12.3. The molecule has 0 radical (unpaired) electrons. The summed E-state index contributed by atoms with van der Waals surface area (Å²) in [6.45, 7) is 6.86. The molecule has 0 saturated heterocycles. The molecule has 1 heterocycles. The predicted octanol–water partition coefficient (Wildman–Crippen LogP) is 3.17. The summed E-state index contributed by atoms with van der Waals surface area (Å²) in [6, 6.07) is 16.7. The number of benzene rings is 2. The third kappa shape index (κ3) is 3.62.